The Morgan fingerprint density at radius 1 is 1.26 bits per heavy atom. The first-order valence-corrected chi connectivity index (χ1v) is 11.6. The van der Waals surface area contributed by atoms with Gasteiger partial charge in [0.2, 0.25) is 10.0 Å². The number of nitrogens with one attached hydrogen (secondary N) is 1. The number of benzene rings is 2. The van der Waals surface area contributed by atoms with Gasteiger partial charge in [0.25, 0.3) is 5.91 Å². The molecule has 1 aliphatic rings. The predicted molar refractivity (Wildman–Crippen MR) is 115 cm³/mol. The number of carbonyl (C=O) groups excluding carboxylic acids is 1. The molecule has 0 bridgehead atoms. The number of amides is 1. The van der Waals surface area contributed by atoms with E-state index in [4.69, 9.17) is 33.1 Å². The molecule has 0 aliphatic carbocycles. The van der Waals surface area contributed by atoms with Crippen LogP contribution in [0.15, 0.2) is 47.4 Å². The minimum Gasteiger partial charge on any atom is -0.489 e. The third-order valence-electron chi connectivity index (χ3n) is 5.14. The Hall–Kier alpha value is -1.88. The van der Waals surface area contributed by atoms with Gasteiger partial charge in [-0.15, -0.1) is 0 Å². The molecule has 0 aromatic heterocycles. The molecule has 1 saturated heterocycles. The SMILES string of the molecule is CC1(O)CCCN(S(=O)(=O)c2ccc(OCc3ccc(Cl)cc3Cl)cc2)[C@H]1C(=O)NO. The van der Waals surface area contributed by atoms with Gasteiger partial charge in [-0.05, 0) is 56.2 Å². The molecule has 2 atom stereocenters. The normalized spacial score (nSPS) is 22.2. The van der Waals surface area contributed by atoms with Crippen LogP contribution < -0.4 is 10.2 Å². The van der Waals surface area contributed by atoms with Crippen LogP contribution in [0.1, 0.15) is 25.3 Å². The number of hydroxylamine groups is 1. The van der Waals surface area contributed by atoms with Crippen LogP contribution in [0.4, 0.5) is 0 Å². The number of sulfonamides is 1. The average molecular weight is 489 g/mol. The lowest BCUT2D eigenvalue weighted by Gasteiger charge is -2.42. The largest absolute Gasteiger partial charge is 0.489 e. The van der Waals surface area contributed by atoms with E-state index in [-0.39, 0.29) is 24.5 Å². The molecule has 0 radical (unpaired) electrons. The summed E-state index contributed by atoms with van der Waals surface area (Å²) in [6.07, 6.45) is 0.585. The maximum atomic E-state index is 13.2. The molecule has 11 heteroatoms. The van der Waals surface area contributed by atoms with Gasteiger partial charge in [0.15, 0.2) is 0 Å². The number of halogens is 2. The molecule has 0 spiro atoms. The van der Waals surface area contributed by atoms with Crippen LogP contribution in [0.5, 0.6) is 5.75 Å². The smallest absolute Gasteiger partial charge is 0.264 e. The highest BCUT2D eigenvalue weighted by Crippen LogP contribution is 2.33. The minimum absolute atomic E-state index is 0.0316. The second-order valence-corrected chi connectivity index (χ2v) is 10.2. The van der Waals surface area contributed by atoms with E-state index in [0.29, 0.717) is 22.2 Å². The Morgan fingerprint density at radius 2 is 1.94 bits per heavy atom. The molecule has 8 nitrogen and oxygen atoms in total. The fraction of sp³-hybridized carbons (Fsp3) is 0.350. The van der Waals surface area contributed by atoms with Crippen molar-refractivity contribution in [2.75, 3.05) is 6.54 Å². The van der Waals surface area contributed by atoms with Crippen molar-refractivity contribution < 1.29 is 28.3 Å². The molecule has 1 amide bonds. The van der Waals surface area contributed by atoms with E-state index < -0.39 is 27.6 Å². The molecule has 2 aromatic carbocycles. The maximum absolute atomic E-state index is 13.2. The van der Waals surface area contributed by atoms with E-state index in [0.717, 1.165) is 9.87 Å². The Labute approximate surface area is 190 Å². The zero-order valence-electron chi connectivity index (χ0n) is 16.6. The summed E-state index contributed by atoms with van der Waals surface area (Å²) < 4.78 is 32.9. The van der Waals surface area contributed by atoms with Crippen LogP contribution in [0.3, 0.4) is 0 Å². The summed E-state index contributed by atoms with van der Waals surface area (Å²) in [5.41, 5.74) is 0.542. The lowest BCUT2D eigenvalue weighted by molar-refractivity contribution is -0.144. The summed E-state index contributed by atoms with van der Waals surface area (Å²) in [4.78, 5) is 12.1. The number of nitrogens with zero attached hydrogens (tertiary/aromatic N) is 1. The number of rotatable bonds is 6. The van der Waals surface area contributed by atoms with Gasteiger partial charge in [-0.2, -0.15) is 4.31 Å². The number of carbonyl (C=O) groups is 1. The summed E-state index contributed by atoms with van der Waals surface area (Å²) in [5, 5.41) is 20.6. The second kappa shape index (κ2) is 9.32. The molecule has 168 valence electrons. The predicted octanol–water partition coefficient (Wildman–Crippen LogP) is 2.98. The average Bonchev–Trinajstić information content (AvgIpc) is 2.72. The highest BCUT2D eigenvalue weighted by atomic mass is 35.5. The highest BCUT2D eigenvalue weighted by Gasteiger charge is 2.49. The fourth-order valence-corrected chi connectivity index (χ4v) is 5.73. The highest BCUT2D eigenvalue weighted by molar-refractivity contribution is 7.89. The summed E-state index contributed by atoms with van der Waals surface area (Å²) in [7, 11) is -4.12. The number of aliphatic hydroxyl groups is 1. The molecule has 31 heavy (non-hydrogen) atoms. The zero-order valence-corrected chi connectivity index (χ0v) is 18.9. The van der Waals surface area contributed by atoms with E-state index in [9.17, 15) is 18.3 Å². The van der Waals surface area contributed by atoms with Gasteiger partial charge in [-0.3, -0.25) is 10.0 Å². The van der Waals surface area contributed by atoms with Crippen LogP contribution in [0, 0.1) is 0 Å². The number of piperidine rings is 1. The molecule has 1 heterocycles. The van der Waals surface area contributed by atoms with E-state index in [2.05, 4.69) is 0 Å². The Bertz CT molecular complexity index is 1060. The van der Waals surface area contributed by atoms with E-state index in [1.54, 1.807) is 18.2 Å². The molecule has 2 aromatic rings. The minimum atomic E-state index is -4.12. The van der Waals surface area contributed by atoms with Crippen LogP contribution in [-0.4, -0.2) is 47.1 Å². The molecular formula is C20H22Cl2N2O6S. The topological polar surface area (TPSA) is 116 Å². The molecule has 3 rings (SSSR count). The van der Waals surface area contributed by atoms with E-state index >= 15 is 0 Å². The molecular weight excluding hydrogens is 467 g/mol. The Kier molecular flexibility index (Phi) is 7.14. The zero-order chi connectivity index (χ0) is 22.8. The van der Waals surface area contributed by atoms with Gasteiger partial charge in [-0.1, -0.05) is 29.3 Å². The third kappa shape index (κ3) is 5.14. The first kappa shape index (κ1) is 23.8. The summed E-state index contributed by atoms with van der Waals surface area (Å²) in [6.45, 7) is 1.56. The summed E-state index contributed by atoms with van der Waals surface area (Å²) in [5.74, 6) is -0.576. The summed E-state index contributed by atoms with van der Waals surface area (Å²) >= 11 is 12.0. The quantitative estimate of drug-likeness (QED) is 0.425. The number of ether oxygens (including phenoxy) is 1. The van der Waals surface area contributed by atoms with Gasteiger partial charge in [0.1, 0.15) is 18.4 Å². The molecule has 3 N–H and O–H groups in total. The molecule has 1 fully saturated rings. The Balaban J connectivity index is 1.79. The van der Waals surface area contributed by atoms with Crippen LogP contribution in [-0.2, 0) is 21.4 Å². The second-order valence-electron chi connectivity index (χ2n) is 7.45. The number of hydrogen-bond acceptors (Lipinski definition) is 6. The van der Waals surface area contributed by atoms with Crippen molar-refractivity contribution in [1.82, 2.24) is 9.79 Å². The van der Waals surface area contributed by atoms with Crippen LogP contribution >= 0.6 is 23.2 Å². The van der Waals surface area contributed by atoms with Crippen molar-refractivity contribution in [1.29, 1.82) is 0 Å². The molecule has 1 unspecified atom stereocenters. The molecule has 0 saturated carbocycles. The van der Waals surface area contributed by atoms with Crippen molar-refractivity contribution in [3.63, 3.8) is 0 Å². The van der Waals surface area contributed by atoms with Crippen LogP contribution in [0.25, 0.3) is 0 Å². The fourth-order valence-electron chi connectivity index (χ4n) is 3.55. The first-order chi connectivity index (χ1) is 14.6. The van der Waals surface area contributed by atoms with Crippen molar-refractivity contribution in [3.05, 3.63) is 58.1 Å². The monoisotopic (exact) mass is 488 g/mol. The van der Waals surface area contributed by atoms with Gasteiger partial charge in [0, 0.05) is 22.2 Å². The van der Waals surface area contributed by atoms with E-state index in [1.165, 1.54) is 36.7 Å². The third-order valence-corrected chi connectivity index (χ3v) is 7.60. The summed E-state index contributed by atoms with van der Waals surface area (Å²) in [6, 6.07) is 9.24. The maximum Gasteiger partial charge on any atom is 0.264 e. The van der Waals surface area contributed by atoms with Gasteiger partial charge in [0.05, 0.1) is 10.5 Å². The van der Waals surface area contributed by atoms with Crippen molar-refractivity contribution in [2.24, 2.45) is 0 Å². The Morgan fingerprint density at radius 3 is 2.55 bits per heavy atom. The van der Waals surface area contributed by atoms with Crippen LogP contribution in [0.2, 0.25) is 10.0 Å². The van der Waals surface area contributed by atoms with Gasteiger partial charge >= 0.3 is 0 Å². The van der Waals surface area contributed by atoms with Crippen molar-refractivity contribution >= 4 is 39.1 Å². The van der Waals surface area contributed by atoms with Gasteiger partial charge < -0.3 is 9.84 Å². The molecule has 1 aliphatic heterocycles. The van der Waals surface area contributed by atoms with Crippen molar-refractivity contribution in [2.45, 2.75) is 42.9 Å². The standard InChI is InChI=1S/C20H22Cl2N2O6S/c1-20(26)9-2-10-24(18(20)19(25)23-27)31(28,29)16-7-5-15(6-8-16)30-12-13-3-4-14(21)11-17(13)22/h3-8,11,18,26-27H,2,9-10,12H2,1H3,(H,23,25)/t18-,20?/m0/s1. The number of hydrogen-bond donors (Lipinski definition) is 3. The lowest BCUT2D eigenvalue weighted by Crippen LogP contribution is -2.62. The van der Waals surface area contributed by atoms with E-state index in [1.807, 2.05) is 0 Å². The van der Waals surface area contributed by atoms with Gasteiger partial charge in [-0.25, -0.2) is 13.9 Å². The van der Waals surface area contributed by atoms with Crippen molar-refractivity contribution in [3.8, 4) is 5.75 Å². The lowest BCUT2D eigenvalue weighted by atomic mass is 9.87. The first-order valence-electron chi connectivity index (χ1n) is 9.41.